The van der Waals surface area contributed by atoms with Crippen LogP contribution in [-0.2, 0) is 14.9 Å². The first-order chi connectivity index (χ1) is 7.53. The molecule has 0 bridgehead atoms. The average Bonchev–Trinajstić information content (AvgIpc) is 2.12. The van der Waals surface area contributed by atoms with Gasteiger partial charge in [-0.2, -0.15) is 0 Å². The Hall–Kier alpha value is -1.35. The molecule has 3 nitrogen and oxygen atoms in total. The number of aryl methyl sites for hydroxylation is 2. The van der Waals surface area contributed by atoms with Crippen molar-refractivity contribution in [1.82, 2.24) is 0 Å². The summed E-state index contributed by atoms with van der Waals surface area (Å²) in [5, 5.41) is 8.97. The number of benzene rings is 1. The first-order valence-electron chi connectivity index (χ1n) is 5.41. The van der Waals surface area contributed by atoms with Gasteiger partial charge in [0.1, 0.15) is 0 Å². The first kappa shape index (κ1) is 11.1. The van der Waals surface area contributed by atoms with Gasteiger partial charge in [0.2, 0.25) is 0 Å². The van der Waals surface area contributed by atoms with E-state index in [1.165, 1.54) is 5.56 Å². The van der Waals surface area contributed by atoms with Crippen LogP contribution >= 0.6 is 0 Å². The molecule has 1 fully saturated rings. The normalized spacial score (nSPS) is 17.9. The quantitative estimate of drug-likeness (QED) is 0.848. The lowest BCUT2D eigenvalue weighted by atomic mass is 9.74. The van der Waals surface area contributed by atoms with Crippen molar-refractivity contribution in [3.05, 3.63) is 34.9 Å². The molecule has 0 spiro atoms. The fourth-order valence-corrected chi connectivity index (χ4v) is 2.40. The van der Waals surface area contributed by atoms with Crippen LogP contribution in [-0.4, -0.2) is 24.3 Å². The highest BCUT2D eigenvalue weighted by Crippen LogP contribution is 2.37. The number of hydrogen-bond acceptors (Lipinski definition) is 2. The van der Waals surface area contributed by atoms with Crippen LogP contribution < -0.4 is 0 Å². The molecule has 1 heterocycles. The Morgan fingerprint density at radius 3 is 2.56 bits per heavy atom. The van der Waals surface area contributed by atoms with E-state index in [1.807, 2.05) is 26.0 Å². The molecule has 3 heteroatoms. The highest BCUT2D eigenvalue weighted by Gasteiger charge is 2.43. The monoisotopic (exact) mass is 220 g/mol. The van der Waals surface area contributed by atoms with Crippen molar-refractivity contribution in [3.8, 4) is 0 Å². The zero-order valence-corrected chi connectivity index (χ0v) is 9.62. The maximum atomic E-state index is 10.9. The number of carboxylic acids is 1. The molecule has 1 aliphatic rings. The van der Waals surface area contributed by atoms with Crippen molar-refractivity contribution < 1.29 is 14.6 Å². The summed E-state index contributed by atoms with van der Waals surface area (Å²) in [5.74, 6) is -0.761. The van der Waals surface area contributed by atoms with Gasteiger partial charge in [-0.05, 0) is 25.0 Å². The molecule has 0 radical (unpaired) electrons. The van der Waals surface area contributed by atoms with Crippen LogP contribution in [0.4, 0.5) is 0 Å². The Kier molecular flexibility index (Phi) is 2.72. The van der Waals surface area contributed by atoms with Gasteiger partial charge in [0.25, 0.3) is 0 Å². The molecular formula is C13H16O3. The summed E-state index contributed by atoms with van der Waals surface area (Å²) < 4.78 is 5.22. The van der Waals surface area contributed by atoms with E-state index in [1.54, 1.807) is 0 Å². The van der Waals surface area contributed by atoms with Gasteiger partial charge >= 0.3 is 5.97 Å². The minimum atomic E-state index is -0.761. The van der Waals surface area contributed by atoms with Crippen LogP contribution in [0.1, 0.15) is 23.1 Å². The third-order valence-corrected chi connectivity index (χ3v) is 3.20. The molecule has 0 aliphatic carbocycles. The Morgan fingerprint density at radius 1 is 1.44 bits per heavy atom. The van der Waals surface area contributed by atoms with E-state index >= 15 is 0 Å². The van der Waals surface area contributed by atoms with Gasteiger partial charge < -0.3 is 9.84 Å². The van der Waals surface area contributed by atoms with Gasteiger partial charge in [-0.25, -0.2) is 0 Å². The summed E-state index contributed by atoms with van der Waals surface area (Å²) in [4.78, 5) is 10.9. The fourth-order valence-electron chi connectivity index (χ4n) is 2.40. The van der Waals surface area contributed by atoms with Crippen LogP contribution in [0.2, 0.25) is 0 Å². The molecule has 0 aromatic heterocycles. The minimum absolute atomic E-state index is 0.150. The lowest BCUT2D eigenvalue weighted by Gasteiger charge is -2.41. The zero-order valence-electron chi connectivity index (χ0n) is 9.62. The molecule has 1 aliphatic heterocycles. The largest absolute Gasteiger partial charge is 0.481 e. The maximum Gasteiger partial charge on any atom is 0.304 e. The molecule has 1 aromatic rings. The predicted octanol–water partition coefficient (Wildman–Crippen LogP) is 2.05. The van der Waals surface area contributed by atoms with E-state index in [9.17, 15) is 4.79 Å². The molecule has 1 N–H and O–H groups in total. The molecule has 0 amide bonds. The van der Waals surface area contributed by atoms with E-state index in [4.69, 9.17) is 9.84 Å². The van der Waals surface area contributed by atoms with Gasteiger partial charge in [-0.3, -0.25) is 4.79 Å². The smallest absolute Gasteiger partial charge is 0.304 e. The lowest BCUT2D eigenvalue weighted by molar-refractivity contribution is -0.145. The molecule has 0 unspecified atom stereocenters. The standard InChI is InChI=1S/C13H16O3/c1-9-3-4-11(10(2)5-9)13(6-12(14)15)7-16-8-13/h3-5H,6-8H2,1-2H3,(H,14,15). The van der Waals surface area contributed by atoms with Crippen molar-refractivity contribution in [1.29, 1.82) is 0 Å². The van der Waals surface area contributed by atoms with E-state index < -0.39 is 5.97 Å². The number of carbonyl (C=O) groups is 1. The second kappa shape index (κ2) is 3.91. The van der Waals surface area contributed by atoms with Gasteiger partial charge in [0.05, 0.1) is 25.0 Å². The topological polar surface area (TPSA) is 46.5 Å². The minimum Gasteiger partial charge on any atom is -0.481 e. The van der Waals surface area contributed by atoms with Crippen molar-refractivity contribution in [2.24, 2.45) is 0 Å². The Labute approximate surface area is 95.0 Å². The Balaban J connectivity index is 2.36. The molecule has 16 heavy (non-hydrogen) atoms. The van der Waals surface area contributed by atoms with Gasteiger partial charge in [-0.15, -0.1) is 0 Å². The van der Waals surface area contributed by atoms with Crippen LogP contribution in [0.15, 0.2) is 18.2 Å². The molecular weight excluding hydrogens is 204 g/mol. The van der Waals surface area contributed by atoms with Crippen molar-refractivity contribution in [3.63, 3.8) is 0 Å². The third kappa shape index (κ3) is 1.83. The van der Waals surface area contributed by atoms with Crippen molar-refractivity contribution >= 4 is 5.97 Å². The Bertz CT molecular complexity index is 419. The lowest BCUT2D eigenvalue weighted by Crippen LogP contribution is -2.48. The van der Waals surface area contributed by atoms with Gasteiger partial charge in [0.15, 0.2) is 0 Å². The highest BCUT2D eigenvalue weighted by molar-refractivity contribution is 5.69. The summed E-state index contributed by atoms with van der Waals surface area (Å²) in [6, 6.07) is 6.16. The number of aliphatic carboxylic acids is 1. The SMILES string of the molecule is Cc1ccc(C2(CC(=O)O)COC2)c(C)c1. The van der Waals surface area contributed by atoms with Crippen LogP contribution in [0, 0.1) is 13.8 Å². The molecule has 86 valence electrons. The first-order valence-corrected chi connectivity index (χ1v) is 5.41. The molecule has 0 saturated carbocycles. The average molecular weight is 220 g/mol. The van der Waals surface area contributed by atoms with E-state index in [-0.39, 0.29) is 11.8 Å². The summed E-state index contributed by atoms with van der Waals surface area (Å²) in [7, 11) is 0. The number of rotatable bonds is 3. The van der Waals surface area contributed by atoms with E-state index in [0.717, 1.165) is 11.1 Å². The number of ether oxygens (including phenoxy) is 1. The van der Waals surface area contributed by atoms with Crippen LogP contribution in [0.3, 0.4) is 0 Å². The van der Waals surface area contributed by atoms with Crippen molar-refractivity contribution in [2.75, 3.05) is 13.2 Å². The van der Waals surface area contributed by atoms with Crippen molar-refractivity contribution in [2.45, 2.75) is 25.7 Å². The molecule has 1 saturated heterocycles. The van der Waals surface area contributed by atoms with Crippen LogP contribution in [0.5, 0.6) is 0 Å². The fraction of sp³-hybridized carbons (Fsp3) is 0.462. The number of hydrogen-bond donors (Lipinski definition) is 1. The zero-order chi connectivity index (χ0) is 11.8. The Morgan fingerprint density at radius 2 is 2.12 bits per heavy atom. The van der Waals surface area contributed by atoms with E-state index in [2.05, 4.69) is 6.07 Å². The molecule has 2 rings (SSSR count). The van der Waals surface area contributed by atoms with E-state index in [0.29, 0.717) is 13.2 Å². The summed E-state index contributed by atoms with van der Waals surface area (Å²) >= 11 is 0. The van der Waals surface area contributed by atoms with Gasteiger partial charge in [-0.1, -0.05) is 23.8 Å². The summed E-state index contributed by atoms with van der Waals surface area (Å²) in [6.07, 6.45) is 0.150. The second-order valence-corrected chi connectivity index (χ2v) is 4.66. The maximum absolute atomic E-state index is 10.9. The predicted molar refractivity (Wildman–Crippen MR) is 60.7 cm³/mol. The summed E-state index contributed by atoms with van der Waals surface area (Å²) in [5.41, 5.74) is 3.17. The molecule has 1 aromatic carbocycles. The second-order valence-electron chi connectivity index (χ2n) is 4.66. The highest BCUT2D eigenvalue weighted by atomic mass is 16.5. The molecule has 0 atom stereocenters. The number of carboxylic acid groups (broad SMARTS) is 1. The van der Waals surface area contributed by atoms with Crippen LogP contribution in [0.25, 0.3) is 0 Å². The third-order valence-electron chi connectivity index (χ3n) is 3.20. The van der Waals surface area contributed by atoms with Gasteiger partial charge in [0, 0.05) is 0 Å². The summed E-state index contributed by atoms with van der Waals surface area (Å²) in [6.45, 7) is 5.11.